The molecule has 122 valence electrons. The number of urea groups is 1. The first-order valence-electron chi connectivity index (χ1n) is 7.54. The highest BCUT2D eigenvalue weighted by Gasteiger charge is 2.32. The van der Waals surface area contributed by atoms with Gasteiger partial charge in [-0.2, -0.15) is 0 Å². The molecular weight excluding hydrogens is 292 g/mol. The van der Waals surface area contributed by atoms with Gasteiger partial charge in [0.05, 0.1) is 6.54 Å². The third kappa shape index (κ3) is 4.96. The van der Waals surface area contributed by atoms with E-state index in [9.17, 15) is 4.79 Å². The molecule has 0 fully saturated rings. The van der Waals surface area contributed by atoms with E-state index in [4.69, 9.17) is 9.47 Å². The lowest BCUT2D eigenvalue weighted by atomic mass is 10.0. The van der Waals surface area contributed by atoms with Gasteiger partial charge in [0, 0.05) is 18.5 Å². The van der Waals surface area contributed by atoms with E-state index in [0.717, 1.165) is 17.7 Å². The summed E-state index contributed by atoms with van der Waals surface area (Å²) in [7, 11) is 0. The minimum Gasteiger partial charge on any atom is -0.483 e. The van der Waals surface area contributed by atoms with Crippen LogP contribution in [0.25, 0.3) is 0 Å². The summed E-state index contributed by atoms with van der Waals surface area (Å²) in [5.41, 5.74) is 0.955. The number of hydrogen-bond donors (Lipinski definition) is 2. The highest BCUT2D eigenvalue weighted by Crippen LogP contribution is 2.41. The highest BCUT2D eigenvalue weighted by atomic mass is 16.5. The van der Waals surface area contributed by atoms with Crippen LogP contribution < -0.4 is 20.1 Å². The maximum absolute atomic E-state index is 11.3. The molecule has 0 aliphatic carbocycles. The molecule has 1 aromatic rings. The van der Waals surface area contributed by atoms with Crippen LogP contribution in [0.4, 0.5) is 4.79 Å². The summed E-state index contributed by atoms with van der Waals surface area (Å²) >= 11 is 0. The van der Waals surface area contributed by atoms with Crippen molar-refractivity contribution < 1.29 is 14.3 Å². The topological polar surface area (TPSA) is 59.6 Å². The molecule has 2 amide bonds. The van der Waals surface area contributed by atoms with Gasteiger partial charge in [0.15, 0.2) is 11.5 Å². The third-order valence-corrected chi connectivity index (χ3v) is 3.22. The molecule has 5 nitrogen and oxygen atoms in total. The maximum Gasteiger partial charge on any atom is 0.315 e. The predicted molar refractivity (Wildman–Crippen MR) is 89.7 cm³/mol. The van der Waals surface area contributed by atoms with Crippen LogP contribution in [0, 0.1) is 11.8 Å². The van der Waals surface area contributed by atoms with Gasteiger partial charge in [-0.3, -0.25) is 0 Å². The quantitative estimate of drug-likeness (QED) is 0.647. The van der Waals surface area contributed by atoms with Gasteiger partial charge in [-0.1, -0.05) is 30.0 Å². The summed E-state index contributed by atoms with van der Waals surface area (Å²) in [6.45, 7) is 8.57. The Bertz CT molecular complexity index is 641. The lowest BCUT2D eigenvalue weighted by Crippen LogP contribution is -2.35. The van der Waals surface area contributed by atoms with Crippen molar-refractivity contribution in [2.45, 2.75) is 25.9 Å². The van der Waals surface area contributed by atoms with Gasteiger partial charge in [-0.25, -0.2) is 4.79 Å². The zero-order valence-electron chi connectivity index (χ0n) is 13.6. The summed E-state index contributed by atoms with van der Waals surface area (Å²) in [4.78, 5) is 11.3. The molecule has 0 spiro atoms. The number of carbonyl (C=O) groups excluding carboxylic acids is 1. The summed E-state index contributed by atoms with van der Waals surface area (Å²) in [6, 6.07) is 5.62. The minimum atomic E-state index is -0.267. The second kappa shape index (κ2) is 7.59. The van der Waals surface area contributed by atoms with Crippen LogP contribution in [-0.4, -0.2) is 31.3 Å². The Kier molecular flexibility index (Phi) is 5.53. The largest absolute Gasteiger partial charge is 0.483 e. The van der Waals surface area contributed by atoms with Gasteiger partial charge in [0.25, 0.3) is 0 Å². The smallest absolute Gasteiger partial charge is 0.315 e. The standard InChI is InChI=1S/C18H22N2O3/c1-4-10-19-17(21)20-11-5-6-12-22-15-9-7-8-14-13-18(2,3)23-16(14)15/h4,7-9H,1,10-13H2,2-3H3,(H2,19,20,21). The second-order valence-electron chi connectivity index (χ2n) is 5.78. The summed E-state index contributed by atoms with van der Waals surface area (Å²) in [6.07, 6.45) is 2.48. The van der Waals surface area contributed by atoms with Gasteiger partial charge in [0.1, 0.15) is 12.2 Å². The molecule has 0 unspecified atom stereocenters. The molecule has 0 saturated heterocycles. The van der Waals surface area contributed by atoms with Crippen molar-refractivity contribution >= 4 is 6.03 Å². The molecule has 0 atom stereocenters. The normalized spacial score (nSPS) is 13.8. The SMILES string of the molecule is C=CCNC(=O)NCC#CCOc1cccc2c1OC(C)(C)C2. The molecule has 2 rings (SSSR count). The molecule has 1 aliphatic rings. The van der Waals surface area contributed by atoms with Crippen molar-refractivity contribution in [3.05, 3.63) is 36.4 Å². The summed E-state index contributed by atoms with van der Waals surface area (Å²) < 4.78 is 11.6. The Morgan fingerprint density at radius 2 is 2.26 bits per heavy atom. The van der Waals surface area contributed by atoms with E-state index in [1.54, 1.807) is 6.08 Å². The number of amides is 2. The van der Waals surface area contributed by atoms with Crippen molar-refractivity contribution in [1.82, 2.24) is 10.6 Å². The lowest BCUT2D eigenvalue weighted by Gasteiger charge is -2.17. The van der Waals surface area contributed by atoms with Gasteiger partial charge >= 0.3 is 6.03 Å². The first kappa shape index (κ1) is 16.8. The van der Waals surface area contributed by atoms with Crippen LogP contribution in [0.15, 0.2) is 30.9 Å². The minimum absolute atomic E-state index is 0.198. The second-order valence-corrected chi connectivity index (χ2v) is 5.78. The average Bonchev–Trinajstić information content (AvgIpc) is 2.83. The van der Waals surface area contributed by atoms with Crippen LogP contribution in [-0.2, 0) is 6.42 Å². The van der Waals surface area contributed by atoms with Gasteiger partial charge < -0.3 is 20.1 Å². The third-order valence-electron chi connectivity index (χ3n) is 3.22. The number of fused-ring (bicyclic) bond motifs is 1. The molecule has 1 aliphatic heterocycles. The molecule has 2 N–H and O–H groups in total. The lowest BCUT2D eigenvalue weighted by molar-refractivity contribution is 0.133. The number of para-hydroxylation sites is 1. The first-order valence-corrected chi connectivity index (χ1v) is 7.54. The van der Waals surface area contributed by atoms with Gasteiger partial charge in [-0.05, 0) is 19.9 Å². The Balaban J connectivity index is 1.78. The van der Waals surface area contributed by atoms with Crippen LogP contribution in [0.5, 0.6) is 11.5 Å². The molecular formula is C18H22N2O3. The van der Waals surface area contributed by atoms with E-state index in [0.29, 0.717) is 12.3 Å². The summed E-state index contributed by atoms with van der Waals surface area (Å²) in [5, 5.41) is 5.22. The summed E-state index contributed by atoms with van der Waals surface area (Å²) in [5.74, 6) is 7.21. The molecule has 0 aromatic heterocycles. The van der Waals surface area contributed by atoms with E-state index < -0.39 is 0 Å². The Morgan fingerprint density at radius 1 is 1.43 bits per heavy atom. The zero-order chi connectivity index (χ0) is 16.7. The van der Waals surface area contributed by atoms with Crippen molar-refractivity contribution in [3.8, 4) is 23.3 Å². The zero-order valence-corrected chi connectivity index (χ0v) is 13.6. The fourth-order valence-electron chi connectivity index (χ4n) is 2.28. The number of hydrogen-bond acceptors (Lipinski definition) is 3. The fraction of sp³-hybridized carbons (Fsp3) is 0.389. The Morgan fingerprint density at radius 3 is 3.04 bits per heavy atom. The van der Waals surface area contributed by atoms with E-state index in [1.165, 1.54) is 0 Å². The molecule has 5 heteroatoms. The van der Waals surface area contributed by atoms with Crippen LogP contribution in [0.2, 0.25) is 0 Å². The molecule has 0 bridgehead atoms. The maximum atomic E-state index is 11.3. The number of carbonyl (C=O) groups is 1. The van der Waals surface area contributed by atoms with E-state index in [2.05, 4.69) is 49.0 Å². The van der Waals surface area contributed by atoms with Gasteiger partial charge in [-0.15, -0.1) is 6.58 Å². The number of rotatable bonds is 5. The molecule has 0 radical (unpaired) electrons. The van der Waals surface area contributed by atoms with Crippen molar-refractivity contribution in [1.29, 1.82) is 0 Å². The van der Waals surface area contributed by atoms with E-state index in [-0.39, 0.29) is 24.8 Å². The highest BCUT2D eigenvalue weighted by molar-refractivity contribution is 5.74. The fourth-order valence-corrected chi connectivity index (χ4v) is 2.28. The van der Waals surface area contributed by atoms with E-state index in [1.807, 2.05) is 12.1 Å². The van der Waals surface area contributed by atoms with Crippen LogP contribution in [0.1, 0.15) is 19.4 Å². The number of nitrogens with one attached hydrogen (secondary N) is 2. The van der Waals surface area contributed by atoms with Crippen LogP contribution in [0.3, 0.4) is 0 Å². The molecule has 0 saturated carbocycles. The average molecular weight is 314 g/mol. The van der Waals surface area contributed by atoms with Crippen LogP contribution >= 0.6 is 0 Å². The number of benzene rings is 1. The Hall–Kier alpha value is -2.61. The first-order chi connectivity index (χ1) is 11.0. The monoisotopic (exact) mass is 314 g/mol. The van der Waals surface area contributed by atoms with Crippen molar-refractivity contribution in [2.24, 2.45) is 0 Å². The predicted octanol–water partition coefficient (Wildman–Crippen LogP) is 2.27. The van der Waals surface area contributed by atoms with Crippen molar-refractivity contribution in [2.75, 3.05) is 19.7 Å². The van der Waals surface area contributed by atoms with Gasteiger partial charge in [0.2, 0.25) is 0 Å². The van der Waals surface area contributed by atoms with Crippen molar-refractivity contribution in [3.63, 3.8) is 0 Å². The Labute approximate surface area is 137 Å². The molecule has 1 aromatic carbocycles. The number of ether oxygens (including phenoxy) is 2. The van der Waals surface area contributed by atoms with E-state index >= 15 is 0 Å². The molecule has 23 heavy (non-hydrogen) atoms. The molecule has 1 heterocycles.